The van der Waals surface area contributed by atoms with Gasteiger partial charge in [-0.15, -0.1) is 26.3 Å². The van der Waals surface area contributed by atoms with Crippen LogP contribution in [0.5, 0.6) is 0 Å². The zero-order valence-corrected chi connectivity index (χ0v) is 24.3. The molecule has 4 rings (SSSR count). The molecule has 2 heterocycles. The molecule has 0 saturated heterocycles. The quantitative estimate of drug-likeness (QED) is 0.196. The Kier molecular flexibility index (Phi) is 19.2. The first-order chi connectivity index (χ1) is 18.7. The van der Waals surface area contributed by atoms with Crippen LogP contribution in [-0.4, -0.2) is 33.0 Å². The second-order valence-corrected chi connectivity index (χ2v) is 7.87. The minimum Gasteiger partial charge on any atom is -0.367 e. The van der Waals surface area contributed by atoms with E-state index in [1.807, 2.05) is 39.8 Å². The number of aromatic nitrogens is 4. The molecule has 4 aromatic rings. The van der Waals surface area contributed by atoms with Crippen molar-refractivity contribution in [2.45, 2.75) is 54.0 Å². The Bertz CT molecular complexity index is 1050. The largest absolute Gasteiger partial charge is 0.367 e. The van der Waals surface area contributed by atoms with Crippen molar-refractivity contribution in [2.24, 2.45) is 5.92 Å². The molecule has 0 spiro atoms. The van der Waals surface area contributed by atoms with Crippen LogP contribution < -0.4 is 10.6 Å². The van der Waals surface area contributed by atoms with Crippen molar-refractivity contribution < 1.29 is 0 Å². The number of benzene rings is 2. The van der Waals surface area contributed by atoms with Crippen molar-refractivity contribution in [2.75, 3.05) is 18.4 Å². The van der Waals surface area contributed by atoms with Crippen LogP contribution >= 0.6 is 0 Å². The Hall–Kier alpha value is -3.77. The van der Waals surface area contributed by atoms with Gasteiger partial charge >= 0.3 is 0 Å². The maximum Gasteiger partial charge on any atom is 0.183 e. The van der Waals surface area contributed by atoms with Crippen LogP contribution in [0.3, 0.4) is 0 Å². The number of nitrogens with one attached hydrogen (secondary N) is 3. The maximum absolute atomic E-state index is 4.77. The van der Waals surface area contributed by atoms with Crippen molar-refractivity contribution in [3.8, 4) is 0 Å². The third-order valence-electron chi connectivity index (χ3n) is 5.05. The van der Waals surface area contributed by atoms with E-state index in [1.54, 1.807) is 6.33 Å². The summed E-state index contributed by atoms with van der Waals surface area (Å²) < 4.78 is 0. The lowest BCUT2D eigenvalue weighted by atomic mass is 9.91. The summed E-state index contributed by atoms with van der Waals surface area (Å²) >= 11 is 0. The van der Waals surface area contributed by atoms with Crippen LogP contribution in [0.1, 0.15) is 64.4 Å². The summed E-state index contributed by atoms with van der Waals surface area (Å²) in [6, 6.07) is 21.1. The lowest BCUT2D eigenvalue weighted by Gasteiger charge is -2.19. The molecule has 0 aliphatic carbocycles. The maximum atomic E-state index is 4.77. The van der Waals surface area contributed by atoms with E-state index in [0.29, 0.717) is 18.1 Å². The summed E-state index contributed by atoms with van der Waals surface area (Å²) in [7, 11) is 0. The fourth-order valence-corrected chi connectivity index (χ4v) is 3.56. The highest BCUT2D eigenvalue weighted by atomic mass is 15.1. The summed E-state index contributed by atoms with van der Waals surface area (Å²) in [6.45, 7) is 26.6. The van der Waals surface area contributed by atoms with Crippen LogP contribution in [0.25, 0.3) is 11.2 Å². The molecule has 0 fully saturated rings. The molecule has 206 valence electrons. The van der Waals surface area contributed by atoms with E-state index in [9.17, 15) is 0 Å². The van der Waals surface area contributed by atoms with Gasteiger partial charge in [0.1, 0.15) is 11.3 Å². The molecule has 2 aromatic carbocycles. The SMILES string of the molecule is C=C.C=C.CC.CC.CC(C)CNCc1nc(NCC(c2ccccc2)c2ccccc2)c2[nH]cnc2n1. The zero-order chi connectivity index (χ0) is 28.8. The third-order valence-corrected chi connectivity index (χ3v) is 5.05. The summed E-state index contributed by atoms with van der Waals surface area (Å²) in [4.78, 5) is 16.9. The molecule has 38 heavy (non-hydrogen) atoms. The van der Waals surface area contributed by atoms with Crippen molar-refractivity contribution >= 4 is 17.0 Å². The van der Waals surface area contributed by atoms with E-state index in [-0.39, 0.29) is 5.92 Å². The molecular weight excluding hydrogens is 468 g/mol. The minimum absolute atomic E-state index is 0.211. The molecule has 6 nitrogen and oxygen atoms in total. The lowest BCUT2D eigenvalue weighted by molar-refractivity contribution is 0.543. The van der Waals surface area contributed by atoms with Crippen LogP contribution in [0.4, 0.5) is 5.82 Å². The highest BCUT2D eigenvalue weighted by molar-refractivity contribution is 5.82. The second kappa shape index (κ2) is 21.3. The normalized spacial score (nSPS) is 9.58. The van der Waals surface area contributed by atoms with Gasteiger partial charge in [-0.2, -0.15) is 0 Å². The molecule has 0 aliphatic heterocycles. The Balaban J connectivity index is 0.00000157. The predicted octanol–water partition coefficient (Wildman–Crippen LogP) is 8.00. The van der Waals surface area contributed by atoms with Gasteiger partial charge in [0, 0.05) is 12.5 Å². The molecule has 0 unspecified atom stereocenters. The first-order valence-corrected chi connectivity index (χ1v) is 13.4. The molecule has 0 radical (unpaired) electrons. The van der Waals surface area contributed by atoms with Crippen LogP contribution in [0.15, 0.2) is 93.3 Å². The van der Waals surface area contributed by atoms with Crippen LogP contribution in [-0.2, 0) is 6.54 Å². The number of aromatic amines is 1. The van der Waals surface area contributed by atoms with Crippen LogP contribution in [0, 0.1) is 5.92 Å². The van der Waals surface area contributed by atoms with E-state index in [1.165, 1.54) is 11.1 Å². The number of rotatable bonds is 9. The smallest absolute Gasteiger partial charge is 0.183 e. The van der Waals surface area contributed by atoms with Gasteiger partial charge in [0.2, 0.25) is 0 Å². The Morgan fingerprint density at radius 3 is 1.79 bits per heavy atom. The fraction of sp³-hybridized carbons (Fsp3) is 0.344. The lowest BCUT2D eigenvalue weighted by Crippen LogP contribution is -2.21. The number of H-pyrrole nitrogens is 1. The Morgan fingerprint density at radius 1 is 0.763 bits per heavy atom. The molecule has 0 bridgehead atoms. The van der Waals surface area contributed by atoms with Crippen molar-refractivity contribution in [1.29, 1.82) is 0 Å². The standard InChI is InChI=1S/C24H28N6.2C2H6.2C2H4/c1-17(2)13-25-15-21-29-23(22-24(30-21)28-16-27-22)26-14-20(18-9-5-3-6-10-18)19-11-7-4-8-12-19;4*1-2/h3-12,16-17,20,25H,13-15H2,1-2H3,(H2,26,27,28,29,30);2*1-2H3;2*1-2H2. The Morgan fingerprint density at radius 2 is 1.29 bits per heavy atom. The fourth-order valence-electron chi connectivity index (χ4n) is 3.56. The minimum atomic E-state index is 0.211. The highest BCUT2D eigenvalue weighted by Gasteiger charge is 2.16. The average molecular weight is 517 g/mol. The number of imidazole rings is 1. The molecule has 6 heteroatoms. The van der Waals surface area contributed by atoms with E-state index in [0.717, 1.165) is 30.2 Å². The van der Waals surface area contributed by atoms with Gasteiger partial charge in [-0.25, -0.2) is 15.0 Å². The van der Waals surface area contributed by atoms with E-state index in [2.05, 4.69) is 114 Å². The molecule has 0 saturated carbocycles. The molecule has 0 atom stereocenters. The third kappa shape index (κ3) is 11.1. The van der Waals surface area contributed by atoms with Crippen molar-refractivity contribution in [1.82, 2.24) is 25.3 Å². The number of hydrogen-bond acceptors (Lipinski definition) is 5. The number of fused-ring (bicyclic) bond motifs is 1. The molecule has 3 N–H and O–H groups in total. The summed E-state index contributed by atoms with van der Waals surface area (Å²) in [6.07, 6.45) is 1.67. The highest BCUT2D eigenvalue weighted by Crippen LogP contribution is 2.26. The Labute approximate surface area is 230 Å². The summed E-state index contributed by atoms with van der Waals surface area (Å²) in [5, 5.41) is 6.97. The first kappa shape index (κ1) is 34.2. The van der Waals surface area contributed by atoms with E-state index >= 15 is 0 Å². The van der Waals surface area contributed by atoms with Gasteiger partial charge in [-0.3, -0.25) is 0 Å². The molecule has 0 aliphatic rings. The first-order valence-electron chi connectivity index (χ1n) is 13.4. The number of hydrogen-bond donors (Lipinski definition) is 3. The number of nitrogens with zero attached hydrogens (tertiary/aromatic N) is 3. The topological polar surface area (TPSA) is 78.5 Å². The molecule has 0 amide bonds. The number of anilines is 1. The average Bonchev–Trinajstić information content (AvgIpc) is 3.47. The summed E-state index contributed by atoms with van der Waals surface area (Å²) in [5.74, 6) is 2.32. The van der Waals surface area contributed by atoms with E-state index in [4.69, 9.17) is 4.98 Å². The van der Waals surface area contributed by atoms with Crippen molar-refractivity contribution in [3.05, 3.63) is 110 Å². The van der Waals surface area contributed by atoms with E-state index < -0.39 is 0 Å². The van der Waals surface area contributed by atoms with Gasteiger partial charge in [-0.05, 0) is 23.6 Å². The van der Waals surface area contributed by atoms with Gasteiger partial charge in [0.25, 0.3) is 0 Å². The molecule has 2 aromatic heterocycles. The van der Waals surface area contributed by atoms with Gasteiger partial charge in [-0.1, -0.05) is 102 Å². The van der Waals surface area contributed by atoms with Crippen LogP contribution in [0.2, 0.25) is 0 Å². The monoisotopic (exact) mass is 516 g/mol. The zero-order valence-electron chi connectivity index (χ0n) is 24.3. The molecular formula is C32H48N6. The summed E-state index contributed by atoms with van der Waals surface area (Å²) in [5.41, 5.74) is 4.06. The van der Waals surface area contributed by atoms with Crippen molar-refractivity contribution in [3.63, 3.8) is 0 Å². The van der Waals surface area contributed by atoms with Gasteiger partial charge in [0.15, 0.2) is 11.5 Å². The predicted molar refractivity (Wildman–Crippen MR) is 167 cm³/mol. The second-order valence-electron chi connectivity index (χ2n) is 7.87. The van der Waals surface area contributed by atoms with Gasteiger partial charge < -0.3 is 15.6 Å². The van der Waals surface area contributed by atoms with Gasteiger partial charge in [0.05, 0.1) is 12.9 Å².